The molecule has 0 amide bonds. The lowest BCUT2D eigenvalue weighted by atomic mass is 10.2. The van der Waals surface area contributed by atoms with Crippen molar-refractivity contribution in [1.29, 1.82) is 0 Å². The zero-order valence-electron chi connectivity index (χ0n) is 9.09. The summed E-state index contributed by atoms with van der Waals surface area (Å²) in [5.41, 5.74) is 5.64. The Balaban J connectivity index is 3.53. The molecule has 0 fully saturated rings. The molecule has 0 aliphatic carbocycles. The molecule has 0 rings (SSSR count). The van der Waals surface area contributed by atoms with E-state index in [0.29, 0.717) is 6.04 Å². The molecule has 2 atom stereocenters. The SMILES string of the molecule is CC(N)CNC(C)C[N+](C)(C)C. The smallest absolute Gasteiger partial charge is 0.0933 e. The van der Waals surface area contributed by atoms with Crippen molar-refractivity contribution in [3.8, 4) is 0 Å². The molecular weight excluding hydrogens is 150 g/mol. The summed E-state index contributed by atoms with van der Waals surface area (Å²) in [6, 6.07) is 0.788. The second-order valence-corrected chi connectivity index (χ2v) is 4.76. The lowest BCUT2D eigenvalue weighted by Gasteiger charge is -2.28. The third kappa shape index (κ3) is 7.98. The van der Waals surface area contributed by atoms with E-state index in [1.807, 2.05) is 6.92 Å². The van der Waals surface area contributed by atoms with E-state index in [0.717, 1.165) is 17.6 Å². The molecule has 0 saturated carbocycles. The first kappa shape index (κ1) is 11.9. The Hall–Kier alpha value is -0.120. The van der Waals surface area contributed by atoms with E-state index < -0.39 is 0 Å². The van der Waals surface area contributed by atoms with Gasteiger partial charge in [0, 0.05) is 12.6 Å². The van der Waals surface area contributed by atoms with Crippen LogP contribution in [0.2, 0.25) is 0 Å². The molecule has 12 heavy (non-hydrogen) atoms. The highest BCUT2D eigenvalue weighted by atomic mass is 15.3. The number of rotatable bonds is 5. The maximum Gasteiger partial charge on any atom is 0.0933 e. The van der Waals surface area contributed by atoms with E-state index in [4.69, 9.17) is 5.73 Å². The number of hydrogen-bond donors (Lipinski definition) is 2. The monoisotopic (exact) mass is 174 g/mol. The van der Waals surface area contributed by atoms with Crippen LogP contribution < -0.4 is 11.1 Å². The summed E-state index contributed by atoms with van der Waals surface area (Å²) in [6.07, 6.45) is 0. The normalized spacial score (nSPS) is 17.5. The average Bonchev–Trinajstić information content (AvgIpc) is 1.79. The molecule has 2 unspecified atom stereocenters. The second kappa shape index (κ2) is 4.80. The summed E-state index contributed by atoms with van der Waals surface area (Å²) in [7, 11) is 6.60. The Kier molecular flexibility index (Phi) is 4.75. The van der Waals surface area contributed by atoms with Crippen LogP contribution in [0.3, 0.4) is 0 Å². The van der Waals surface area contributed by atoms with Gasteiger partial charge >= 0.3 is 0 Å². The summed E-state index contributed by atoms with van der Waals surface area (Å²) >= 11 is 0. The molecule has 0 aliphatic heterocycles. The van der Waals surface area contributed by atoms with E-state index in [2.05, 4.69) is 33.4 Å². The maximum absolute atomic E-state index is 5.64. The van der Waals surface area contributed by atoms with E-state index in [9.17, 15) is 0 Å². The molecule has 0 aliphatic rings. The van der Waals surface area contributed by atoms with Crippen LogP contribution in [-0.2, 0) is 0 Å². The molecule has 0 aromatic heterocycles. The van der Waals surface area contributed by atoms with Crippen LogP contribution in [0.4, 0.5) is 0 Å². The van der Waals surface area contributed by atoms with Crippen molar-refractivity contribution in [2.75, 3.05) is 34.2 Å². The molecule has 0 aromatic carbocycles. The van der Waals surface area contributed by atoms with Gasteiger partial charge in [-0.3, -0.25) is 0 Å². The van der Waals surface area contributed by atoms with Crippen molar-refractivity contribution < 1.29 is 4.48 Å². The number of hydrogen-bond acceptors (Lipinski definition) is 2. The molecule has 3 nitrogen and oxygen atoms in total. The van der Waals surface area contributed by atoms with Gasteiger partial charge < -0.3 is 15.5 Å². The topological polar surface area (TPSA) is 38.0 Å². The third-order valence-corrected chi connectivity index (χ3v) is 1.61. The van der Waals surface area contributed by atoms with Crippen molar-refractivity contribution in [1.82, 2.24) is 5.32 Å². The van der Waals surface area contributed by atoms with Crippen LogP contribution in [0.25, 0.3) is 0 Å². The van der Waals surface area contributed by atoms with Crippen LogP contribution in [0, 0.1) is 0 Å². The highest BCUT2D eigenvalue weighted by Gasteiger charge is 2.12. The van der Waals surface area contributed by atoms with Gasteiger partial charge in [-0.15, -0.1) is 0 Å². The predicted molar refractivity (Wildman–Crippen MR) is 54.0 cm³/mol. The zero-order valence-corrected chi connectivity index (χ0v) is 9.09. The van der Waals surface area contributed by atoms with Gasteiger partial charge in [0.15, 0.2) is 0 Å². The average molecular weight is 174 g/mol. The van der Waals surface area contributed by atoms with Crippen molar-refractivity contribution in [3.63, 3.8) is 0 Å². The van der Waals surface area contributed by atoms with Gasteiger partial charge in [-0.05, 0) is 13.8 Å². The summed E-state index contributed by atoms with van der Waals surface area (Å²) in [4.78, 5) is 0. The van der Waals surface area contributed by atoms with E-state index >= 15 is 0 Å². The fraction of sp³-hybridized carbons (Fsp3) is 1.00. The first-order valence-electron chi connectivity index (χ1n) is 4.60. The Morgan fingerprint density at radius 2 is 1.75 bits per heavy atom. The molecule has 3 heteroatoms. The number of nitrogens with two attached hydrogens (primary N) is 1. The maximum atomic E-state index is 5.64. The first-order valence-corrected chi connectivity index (χ1v) is 4.60. The number of nitrogens with zero attached hydrogens (tertiary/aromatic N) is 1. The minimum Gasteiger partial charge on any atom is -0.330 e. The van der Waals surface area contributed by atoms with E-state index in [1.165, 1.54) is 0 Å². The molecule has 0 aromatic rings. The summed E-state index contributed by atoms with van der Waals surface area (Å²) in [6.45, 7) is 6.26. The minimum absolute atomic E-state index is 0.250. The van der Waals surface area contributed by atoms with Gasteiger partial charge in [0.1, 0.15) is 0 Å². The fourth-order valence-corrected chi connectivity index (χ4v) is 1.27. The molecule has 3 N–H and O–H groups in total. The van der Waals surface area contributed by atoms with Gasteiger partial charge in [-0.1, -0.05) is 0 Å². The quantitative estimate of drug-likeness (QED) is 0.577. The Bertz CT molecular complexity index is 115. The molecule has 0 saturated heterocycles. The van der Waals surface area contributed by atoms with Crippen molar-refractivity contribution in [2.24, 2.45) is 5.73 Å². The minimum atomic E-state index is 0.250. The van der Waals surface area contributed by atoms with Crippen molar-refractivity contribution in [2.45, 2.75) is 25.9 Å². The number of quaternary nitrogens is 1. The second-order valence-electron chi connectivity index (χ2n) is 4.76. The Morgan fingerprint density at radius 3 is 2.08 bits per heavy atom. The molecule has 0 heterocycles. The number of nitrogens with one attached hydrogen (secondary N) is 1. The van der Waals surface area contributed by atoms with Gasteiger partial charge in [0.25, 0.3) is 0 Å². The van der Waals surface area contributed by atoms with E-state index in [1.54, 1.807) is 0 Å². The first-order chi connectivity index (χ1) is 5.31. The Labute approximate surface area is 76.5 Å². The molecular formula is C9H24N3+. The fourth-order valence-electron chi connectivity index (χ4n) is 1.27. The van der Waals surface area contributed by atoms with Crippen LogP contribution >= 0.6 is 0 Å². The van der Waals surface area contributed by atoms with Crippen molar-refractivity contribution >= 4 is 0 Å². The molecule has 0 spiro atoms. The number of likely N-dealkylation sites (N-methyl/N-ethyl adjacent to an activating group) is 1. The van der Waals surface area contributed by atoms with Gasteiger partial charge in [-0.2, -0.15) is 0 Å². The molecule has 0 radical (unpaired) electrons. The highest BCUT2D eigenvalue weighted by molar-refractivity contribution is 4.63. The predicted octanol–water partition coefficient (Wildman–Crippen LogP) is 0.0179. The van der Waals surface area contributed by atoms with Gasteiger partial charge in [-0.25, -0.2) is 0 Å². The summed E-state index contributed by atoms with van der Waals surface area (Å²) in [5, 5.41) is 3.40. The van der Waals surface area contributed by atoms with Gasteiger partial charge in [0.05, 0.1) is 33.7 Å². The van der Waals surface area contributed by atoms with E-state index in [-0.39, 0.29) is 6.04 Å². The highest BCUT2D eigenvalue weighted by Crippen LogP contribution is 1.93. The lowest BCUT2D eigenvalue weighted by Crippen LogP contribution is -2.47. The lowest BCUT2D eigenvalue weighted by molar-refractivity contribution is -0.871. The van der Waals surface area contributed by atoms with Crippen LogP contribution in [0.15, 0.2) is 0 Å². The summed E-state index contributed by atoms with van der Waals surface area (Å²) < 4.78 is 0.993. The Morgan fingerprint density at radius 1 is 1.25 bits per heavy atom. The summed E-state index contributed by atoms with van der Waals surface area (Å²) in [5.74, 6) is 0. The van der Waals surface area contributed by atoms with Crippen LogP contribution in [-0.4, -0.2) is 50.8 Å². The van der Waals surface area contributed by atoms with Gasteiger partial charge in [0.2, 0.25) is 0 Å². The zero-order chi connectivity index (χ0) is 9.78. The molecule has 0 bridgehead atoms. The third-order valence-electron chi connectivity index (χ3n) is 1.61. The molecule has 74 valence electrons. The van der Waals surface area contributed by atoms with Crippen molar-refractivity contribution in [3.05, 3.63) is 0 Å². The standard InChI is InChI=1S/C9H24N3/c1-8(10)6-11-9(2)7-12(3,4)5/h8-9,11H,6-7,10H2,1-5H3/q+1. The van der Waals surface area contributed by atoms with Crippen LogP contribution in [0.1, 0.15) is 13.8 Å². The largest absolute Gasteiger partial charge is 0.330 e. The van der Waals surface area contributed by atoms with Crippen LogP contribution in [0.5, 0.6) is 0 Å².